The lowest BCUT2D eigenvalue weighted by molar-refractivity contribution is 0.0520. The molecule has 1 N–H and O–H groups in total. The Morgan fingerprint density at radius 2 is 2.00 bits per heavy atom. The van der Waals surface area contributed by atoms with E-state index in [-0.39, 0.29) is 22.3 Å². The van der Waals surface area contributed by atoms with Crippen LogP contribution in [-0.4, -0.2) is 26.0 Å². The van der Waals surface area contributed by atoms with Crippen molar-refractivity contribution in [2.24, 2.45) is 0 Å². The van der Waals surface area contributed by atoms with Crippen LogP contribution < -0.4 is 4.72 Å². The van der Waals surface area contributed by atoms with Crippen LogP contribution in [0.25, 0.3) is 0 Å². The normalized spacial score (nSPS) is 11.1. The van der Waals surface area contributed by atoms with Gasteiger partial charge in [0.15, 0.2) is 10.8 Å². The second-order valence-corrected chi connectivity index (χ2v) is 6.72. The fourth-order valence-corrected chi connectivity index (χ4v) is 3.44. The van der Waals surface area contributed by atoms with Crippen molar-refractivity contribution in [3.63, 3.8) is 0 Å². The number of hydrogen-bond donors (Lipinski definition) is 1. The van der Waals surface area contributed by atoms with Gasteiger partial charge in [0.1, 0.15) is 0 Å². The minimum Gasteiger partial charge on any atom is -0.461 e. The molecule has 2 rings (SSSR count). The molecular weight excluding hydrogens is 312 g/mol. The van der Waals surface area contributed by atoms with E-state index in [1.807, 2.05) is 6.92 Å². The van der Waals surface area contributed by atoms with Crippen molar-refractivity contribution < 1.29 is 17.9 Å². The fourth-order valence-electron chi connectivity index (χ4n) is 1.51. The third-order valence-electron chi connectivity index (χ3n) is 2.54. The number of carbonyl (C=O) groups is 1. The number of hydrogen-bond acceptors (Lipinski definition) is 6. The molecule has 0 saturated heterocycles. The van der Waals surface area contributed by atoms with Crippen molar-refractivity contribution in [2.75, 3.05) is 11.3 Å². The van der Waals surface area contributed by atoms with E-state index in [9.17, 15) is 13.2 Å². The number of rotatable bonds is 5. The summed E-state index contributed by atoms with van der Waals surface area (Å²) in [5, 5.41) is 1.57. The van der Waals surface area contributed by atoms with Crippen molar-refractivity contribution in [1.29, 1.82) is 0 Å². The summed E-state index contributed by atoms with van der Waals surface area (Å²) in [6.07, 6.45) is 0. The average molecular weight is 326 g/mol. The molecule has 2 aromatic rings. The Balaban J connectivity index is 2.17. The summed E-state index contributed by atoms with van der Waals surface area (Å²) < 4.78 is 31.5. The number of nitrogens with zero attached hydrogens (tertiary/aromatic N) is 1. The van der Waals surface area contributed by atoms with Gasteiger partial charge in [-0.25, -0.2) is 18.2 Å². The molecule has 0 aliphatic rings. The number of carbonyl (C=O) groups excluding carboxylic acids is 1. The van der Waals surface area contributed by atoms with Crippen LogP contribution in [-0.2, 0) is 14.8 Å². The zero-order chi connectivity index (χ0) is 15.5. The number of nitrogens with one attached hydrogen (secondary N) is 1. The molecule has 1 aromatic heterocycles. The third-order valence-corrected chi connectivity index (χ3v) is 4.78. The lowest BCUT2D eigenvalue weighted by Gasteiger charge is -2.05. The van der Waals surface area contributed by atoms with E-state index in [2.05, 4.69) is 9.71 Å². The molecule has 1 heterocycles. The molecule has 0 bridgehead atoms. The molecule has 0 aliphatic carbocycles. The van der Waals surface area contributed by atoms with Crippen LogP contribution in [0.3, 0.4) is 0 Å². The van der Waals surface area contributed by atoms with Crippen molar-refractivity contribution in [2.45, 2.75) is 18.7 Å². The molecule has 8 heteroatoms. The lowest BCUT2D eigenvalue weighted by Crippen LogP contribution is -2.13. The first-order valence-corrected chi connectivity index (χ1v) is 8.51. The van der Waals surface area contributed by atoms with Gasteiger partial charge in [-0.1, -0.05) is 17.7 Å². The molecule has 0 fully saturated rings. The van der Waals surface area contributed by atoms with Crippen molar-refractivity contribution in [3.05, 3.63) is 40.9 Å². The Hall–Kier alpha value is -1.93. The molecule has 0 aliphatic heterocycles. The third kappa shape index (κ3) is 3.79. The number of benzene rings is 1. The molecule has 0 saturated carbocycles. The molecule has 112 valence electrons. The van der Waals surface area contributed by atoms with Crippen LogP contribution in [0.5, 0.6) is 0 Å². The van der Waals surface area contributed by atoms with Crippen molar-refractivity contribution in [1.82, 2.24) is 4.98 Å². The first-order chi connectivity index (χ1) is 9.92. The van der Waals surface area contributed by atoms with Crippen molar-refractivity contribution >= 4 is 32.5 Å². The van der Waals surface area contributed by atoms with Gasteiger partial charge in [-0.2, -0.15) is 0 Å². The maximum Gasteiger partial charge on any atom is 0.357 e. The topological polar surface area (TPSA) is 85.4 Å². The predicted octanol–water partition coefficient (Wildman–Crippen LogP) is 2.43. The van der Waals surface area contributed by atoms with Gasteiger partial charge in [0.2, 0.25) is 0 Å². The minimum absolute atomic E-state index is 0.0865. The highest BCUT2D eigenvalue weighted by molar-refractivity contribution is 7.93. The van der Waals surface area contributed by atoms with Gasteiger partial charge in [0, 0.05) is 5.38 Å². The van der Waals surface area contributed by atoms with Gasteiger partial charge in [-0.05, 0) is 26.0 Å². The van der Waals surface area contributed by atoms with Gasteiger partial charge in [-0.3, -0.25) is 4.72 Å². The average Bonchev–Trinajstić information content (AvgIpc) is 2.87. The minimum atomic E-state index is -3.71. The second-order valence-electron chi connectivity index (χ2n) is 4.18. The number of esters is 1. The number of ether oxygens (including phenoxy) is 1. The maximum absolute atomic E-state index is 12.2. The van der Waals surface area contributed by atoms with Crippen LogP contribution >= 0.6 is 11.3 Å². The van der Waals surface area contributed by atoms with Gasteiger partial charge < -0.3 is 4.74 Å². The van der Waals surface area contributed by atoms with E-state index < -0.39 is 16.0 Å². The Bertz CT molecular complexity index is 736. The highest BCUT2D eigenvalue weighted by atomic mass is 32.2. The quantitative estimate of drug-likeness (QED) is 0.853. The van der Waals surface area contributed by atoms with E-state index in [1.54, 1.807) is 19.1 Å². The van der Waals surface area contributed by atoms with Gasteiger partial charge in [0.05, 0.1) is 11.5 Å². The second kappa shape index (κ2) is 6.23. The summed E-state index contributed by atoms with van der Waals surface area (Å²) in [6.45, 7) is 3.79. The predicted molar refractivity (Wildman–Crippen MR) is 80.1 cm³/mol. The van der Waals surface area contributed by atoms with Gasteiger partial charge in [-0.15, -0.1) is 11.3 Å². The van der Waals surface area contributed by atoms with Gasteiger partial charge in [0.25, 0.3) is 10.0 Å². The summed E-state index contributed by atoms with van der Waals surface area (Å²) in [5.41, 5.74) is 1.05. The Morgan fingerprint density at radius 1 is 1.33 bits per heavy atom. The molecule has 21 heavy (non-hydrogen) atoms. The van der Waals surface area contributed by atoms with Crippen LogP contribution in [0.4, 0.5) is 5.13 Å². The van der Waals surface area contributed by atoms with E-state index in [4.69, 9.17) is 4.74 Å². The molecule has 0 atom stereocenters. The molecule has 0 spiro atoms. The van der Waals surface area contributed by atoms with Crippen LogP contribution in [0.2, 0.25) is 0 Å². The van der Waals surface area contributed by atoms with Crippen LogP contribution in [0.1, 0.15) is 23.0 Å². The number of aryl methyl sites for hydroxylation is 1. The van der Waals surface area contributed by atoms with Crippen LogP contribution in [0, 0.1) is 6.92 Å². The molecular formula is C13H14N2O4S2. The molecule has 0 amide bonds. The summed E-state index contributed by atoms with van der Waals surface area (Å²) in [5.74, 6) is -0.575. The molecule has 0 unspecified atom stereocenters. The van der Waals surface area contributed by atoms with E-state index >= 15 is 0 Å². The Labute approximate surface area is 126 Å². The zero-order valence-electron chi connectivity index (χ0n) is 11.5. The SMILES string of the molecule is CCOC(=O)c1csc(NS(=O)(=O)c2ccc(C)cc2)n1. The summed E-state index contributed by atoms with van der Waals surface area (Å²) in [4.78, 5) is 15.5. The molecule has 6 nitrogen and oxygen atoms in total. The lowest BCUT2D eigenvalue weighted by atomic mass is 10.2. The monoisotopic (exact) mass is 326 g/mol. The standard InChI is InChI=1S/C13H14N2O4S2/c1-3-19-12(16)11-8-20-13(14-11)15-21(17,18)10-6-4-9(2)5-7-10/h4-8H,3H2,1-2H3,(H,14,15). The highest BCUT2D eigenvalue weighted by Crippen LogP contribution is 2.20. The molecule has 1 aromatic carbocycles. The Morgan fingerprint density at radius 3 is 2.62 bits per heavy atom. The summed E-state index contributed by atoms with van der Waals surface area (Å²) in [7, 11) is -3.71. The first kappa shape index (κ1) is 15.5. The van der Waals surface area contributed by atoms with E-state index in [0.717, 1.165) is 16.9 Å². The Kier molecular flexibility index (Phi) is 4.59. The number of aromatic nitrogens is 1. The summed E-state index contributed by atoms with van der Waals surface area (Å²) in [6, 6.07) is 6.44. The maximum atomic E-state index is 12.2. The highest BCUT2D eigenvalue weighted by Gasteiger charge is 2.18. The van der Waals surface area contributed by atoms with Crippen LogP contribution in [0.15, 0.2) is 34.5 Å². The number of anilines is 1. The summed E-state index contributed by atoms with van der Waals surface area (Å²) >= 11 is 1.03. The first-order valence-electron chi connectivity index (χ1n) is 6.14. The fraction of sp³-hybridized carbons (Fsp3) is 0.231. The van der Waals surface area contributed by atoms with E-state index in [0.29, 0.717) is 0 Å². The number of thiazole rings is 1. The van der Waals surface area contributed by atoms with E-state index in [1.165, 1.54) is 17.5 Å². The largest absolute Gasteiger partial charge is 0.461 e. The smallest absolute Gasteiger partial charge is 0.357 e. The zero-order valence-corrected chi connectivity index (χ0v) is 13.1. The van der Waals surface area contributed by atoms with Crippen molar-refractivity contribution in [3.8, 4) is 0 Å². The molecule has 0 radical (unpaired) electrons. The van der Waals surface area contributed by atoms with Gasteiger partial charge >= 0.3 is 5.97 Å². The number of sulfonamides is 1.